The summed E-state index contributed by atoms with van der Waals surface area (Å²) in [5.41, 5.74) is 3.63. The van der Waals surface area contributed by atoms with Crippen molar-refractivity contribution in [2.24, 2.45) is 0 Å². The molecule has 0 atom stereocenters. The third kappa shape index (κ3) is 3.80. The van der Waals surface area contributed by atoms with E-state index in [4.69, 9.17) is 16.0 Å². The van der Waals surface area contributed by atoms with Gasteiger partial charge in [-0.2, -0.15) is 0 Å². The summed E-state index contributed by atoms with van der Waals surface area (Å²) in [5, 5.41) is 3.61. The van der Waals surface area contributed by atoms with E-state index in [1.54, 1.807) is 24.5 Å². The van der Waals surface area contributed by atoms with Crippen LogP contribution >= 0.6 is 11.6 Å². The number of carbonyl (C=O) groups excluding carboxylic acids is 1. The molecule has 28 heavy (non-hydrogen) atoms. The number of halogens is 2. The zero-order chi connectivity index (χ0) is 19.5. The molecule has 0 radical (unpaired) electrons. The number of hydrogen-bond donors (Lipinski definition) is 1. The Morgan fingerprint density at radius 3 is 2.79 bits per heavy atom. The minimum atomic E-state index is -0.307. The van der Waals surface area contributed by atoms with Crippen molar-refractivity contribution in [1.29, 1.82) is 0 Å². The number of rotatable bonds is 6. The van der Waals surface area contributed by atoms with Crippen LogP contribution in [-0.2, 0) is 13.0 Å². The van der Waals surface area contributed by atoms with Gasteiger partial charge in [0.05, 0.1) is 11.8 Å². The molecule has 0 aliphatic heterocycles. The van der Waals surface area contributed by atoms with Crippen LogP contribution < -0.4 is 5.32 Å². The molecule has 2 heterocycles. The van der Waals surface area contributed by atoms with Crippen LogP contribution in [0.5, 0.6) is 0 Å². The molecule has 1 amide bonds. The Morgan fingerprint density at radius 2 is 1.96 bits per heavy atom. The van der Waals surface area contributed by atoms with Gasteiger partial charge in [-0.25, -0.2) is 4.39 Å². The lowest BCUT2D eigenvalue weighted by atomic mass is 10.1. The normalized spacial score (nSPS) is 11.1. The summed E-state index contributed by atoms with van der Waals surface area (Å²) in [6.45, 7) is 0.823. The summed E-state index contributed by atoms with van der Waals surface area (Å²) in [6, 6.07) is 17.4. The summed E-state index contributed by atoms with van der Waals surface area (Å²) >= 11 is 6.16. The molecule has 1 N–H and O–H groups in total. The highest BCUT2D eigenvalue weighted by Gasteiger charge is 2.17. The van der Waals surface area contributed by atoms with Gasteiger partial charge in [0.25, 0.3) is 5.91 Å². The van der Waals surface area contributed by atoms with Crippen molar-refractivity contribution in [3.05, 3.63) is 94.6 Å². The van der Waals surface area contributed by atoms with Gasteiger partial charge in [-0.1, -0.05) is 41.9 Å². The zero-order valence-corrected chi connectivity index (χ0v) is 15.7. The molecule has 4 aromatic rings. The molecule has 0 saturated carbocycles. The lowest BCUT2D eigenvalue weighted by Crippen LogP contribution is -2.28. The first-order valence-electron chi connectivity index (χ1n) is 8.94. The Labute approximate surface area is 166 Å². The Balaban J connectivity index is 1.53. The second-order valence-corrected chi connectivity index (χ2v) is 6.92. The lowest BCUT2D eigenvalue weighted by Gasteiger charge is -2.11. The maximum atomic E-state index is 13.6. The van der Waals surface area contributed by atoms with Crippen molar-refractivity contribution in [1.82, 2.24) is 9.88 Å². The average molecular weight is 397 g/mol. The Hall–Kier alpha value is -3.05. The fourth-order valence-corrected chi connectivity index (χ4v) is 3.49. The molecule has 0 saturated heterocycles. The van der Waals surface area contributed by atoms with Gasteiger partial charge in [-0.3, -0.25) is 4.79 Å². The van der Waals surface area contributed by atoms with Crippen LogP contribution in [0.4, 0.5) is 4.39 Å². The number of nitrogens with zero attached hydrogens (tertiary/aromatic N) is 1. The van der Waals surface area contributed by atoms with E-state index >= 15 is 0 Å². The van der Waals surface area contributed by atoms with Crippen molar-refractivity contribution in [2.75, 3.05) is 6.54 Å². The van der Waals surface area contributed by atoms with E-state index in [1.807, 2.05) is 34.9 Å². The average Bonchev–Trinajstić information content (AvgIpc) is 3.26. The number of furan rings is 1. The van der Waals surface area contributed by atoms with Gasteiger partial charge in [0.15, 0.2) is 5.58 Å². The van der Waals surface area contributed by atoms with Gasteiger partial charge < -0.3 is 14.3 Å². The molecule has 0 bridgehead atoms. The maximum Gasteiger partial charge on any atom is 0.268 e. The van der Waals surface area contributed by atoms with Gasteiger partial charge in [-0.15, -0.1) is 0 Å². The summed E-state index contributed by atoms with van der Waals surface area (Å²) in [7, 11) is 0. The quantitative estimate of drug-likeness (QED) is 0.496. The fraction of sp³-hybridized carbons (Fsp3) is 0.136. The van der Waals surface area contributed by atoms with E-state index in [9.17, 15) is 9.18 Å². The molecule has 0 unspecified atom stereocenters. The van der Waals surface area contributed by atoms with Gasteiger partial charge in [0.2, 0.25) is 0 Å². The molecule has 0 spiro atoms. The molecule has 2 aromatic heterocycles. The topological polar surface area (TPSA) is 47.2 Å². The van der Waals surface area contributed by atoms with Gasteiger partial charge in [0.1, 0.15) is 11.5 Å². The Morgan fingerprint density at radius 1 is 1.11 bits per heavy atom. The van der Waals surface area contributed by atoms with Gasteiger partial charge >= 0.3 is 0 Å². The predicted octanol–water partition coefficient (Wildman–Crippen LogP) is 5.05. The van der Waals surface area contributed by atoms with Crippen LogP contribution in [0.25, 0.3) is 11.1 Å². The van der Waals surface area contributed by atoms with E-state index in [-0.39, 0.29) is 11.7 Å². The summed E-state index contributed by atoms with van der Waals surface area (Å²) in [4.78, 5) is 12.8. The van der Waals surface area contributed by atoms with Crippen LogP contribution in [-0.4, -0.2) is 17.0 Å². The molecule has 0 aliphatic rings. The summed E-state index contributed by atoms with van der Waals surface area (Å²) in [6.07, 6.45) is 2.21. The first-order valence-corrected chi connectivity index (χ1v) is 9.32. The van der Waals surface area contributed by atoms with E-state index < -0.39 is 0 Å². The molecule has 0 aliphatic carbocycles. The minimum Gasteiger partial charge on any atom is -0.463 e. The maximum absolute atomic E-state index is 13.6. The highest BCUT2D eigenvalue weighted by Crippen LogP contribution is 2.23. The van der Waals surface area contributed by atoms with Crippen molar-refractivity contribution in [3.8, 4) is 0 Å². The summed E-state index contributed by atoms with van der Waals surface area (Å²) < 4.78 is 20.8. The van der Waals surface area contributed by atoms with Crippen molar-refractivity contribution >= 4 is 28.6 Å². The zero-order valence-electron chi connectivity index (χ0n) is 15.0. The number of aromatic nitrogens is 1. The number of carbonyl (C=O) groups is 1. The summed E-state index contributed by atoms with van der Waals surface area (Å²) in [5.74, 6) is -0.520. The van der Waals surface area contributed by atoms with E-state index in [2.05, 4.69) is 5.32 Å². The van der Waals surface area contributed by atoms with Crippen LogP contribution in [0.3, 0.4) is 0 Å². The third-order valence-corrected chi connectivity index (χ3v) is 4.99. The van der Waals surface area contributed by atoms with Crippen molar-refractivity contribution < 1.29 is 13.6 Å². The standard InChI is InChI=1S/C22H18ClFN2O2/c23-18-7-2-1-5-16(18)8-10-25-22(27)20-13-21-19(9-11-28-21)26(20)14-15-4-3-6-17(24)12-15/h1-7,9,11-13H,8,10,14H2,(H,25,27). The predicted molar refractivity (Wildman–Crippen MR) is 107 cm³/mol. The monoisotopic (exact) mass is 396 g/mol. The first-order chi connectivity index (χ1) is 13.6. The molecular formula is C22H18ClFN2O2. The molecule has 6 heteroatoms. The van der Waals surface area contributed by atoms with Crippen molar-refractivity contribution in [3.63, 3.8) is 0 Å². The molecule has 4 rings (SSSR count). The third-order valence-electron chi connectivity index (χ3n) is 4.62. The van der Waals surface area contributed by atoms with Crippen LogP contribution in [0.15, 0.2) is 71.3 Å². The highest BCUT2D eigenvalue weighted by molar-refractivity contribution is 6.31. The molecular weight excluding hydrogens is 379 g/mol. The largest absolute Gasteiger partial charge is 0.463 e. The number of hydrogen-bond acceptors (Lipinski definition) is 2. The van der Waals surface area contributed by atoms with Crippen molar-refractivity contribution in [2.45, 2.75) is 13.0 Å². The van der Waals surface area contributed by atoms with Gasteiger partial charge in [0, 0.05) is 30.2 Å². The number of fused-ring (bicyclic) bond motifs is 1. The molecule has 2 aromatic carbocycles. The van der Waals surface area contributed by atoms with Gasteiger partial charge in [-0.05, 0) is 35.7 Å². The van der Waals surface area contributed by atoms with E-state index in [0.29, 0.717) is 35.8 Å². The Bertz CT molecular complexity index is 1130. The van der Waals surface area contributed by atoms with E-state index in [1.165, 1.54) is 12.1 Å². The molecule has 4 nitrogen and oxygen atoms in total. The number of amides is 1. The smallest absolute Gasteiger partial charge is 0.268 e. The lowest BCUT2D eigenvalue weighted by molar-refractivity contribution is 0.0945. The highest BCUT2D eigenvalue weighted by atomic mass is 35.5. The van der Waals surface area contributed by atoms with Crippen LogP contribution in [0.2, 0.25) is 5.02 Å². The molecule has 142 valence electrons. The second kappa shape index (κ2) is 7.90. The van der Waals surface area contributed by atoms with E-state index in [0.717, 1.165) is 16.6 Å². The second-order valence-electron chi connectivity index (χ2n) is 6.51. The minimum absolute atomic E-state index is 0.213. The first kappa shape index (κ1) is 18.3. The van der Waals surface area contributed by atoms with Crippen LogP contribution in [0, 0.1) is 5.82 Å². The number of benzene rings is 2. The number of nitrogens with one attached hydrogen (secondary N) is 1. The Kier molecular flexibility index (Phi) is 5.17. The van der Waals surface area contributed by atoms with Crippen LogP contribution in [0.1, 0.15) is 21.6 Å². The SMILES string of the molecule is O=C(NCCc1ccccc1Cl)c1cc2occc2n1Cc1cccc(F)c1. The fourth-order valence-electron chi connectivity index (χ4n) is 3.26. The molecule has 0 fully saturated rings.